The van der Waals surface area contributed by atoms with E-state index in [0.29, 0.717) is 5.56 Å². The van der Waals surface area contributed by atoms with Crippen LogP contribution >= 0.6 is 0 Å². The van der Waals surface area contributed by atoms with E-state index in [4.69, 9.17) is 0 Å². The third kappa shape index (κ3) is 3.89. The molecule has 0 bridgehead atoms. The lowest BCUT2D eigenvalue weighted by atomic mass is 10.0. The van der Waals surface area contributed by atoms with Crippen LogP contribution in [0.2, 0.25) is 0 Å². The Labute approximate surface area is 129 Å². The van der Waals surface area contributed by atoms with Gasteiger partial charge in [0.1, 0.15) is 5.82 Å². The van der Waals surface area contributed by atoms with Gasteiger partial charge in [0.2, 0.25) is 5.91 Å². The molecule has 0 fully saturated rings. The molecular weight excluding hydrogens is 283 g/mol. The van der Waals surface area contributed by atoms with Crippen LogP contribution in [-0.4, -0.2) is 27.9 Å². The molecule has 0 spiro atoms. The van der Waals surface area contributed by atoms with Crippen molar-refractivity contribution in [1.29, 1.82) is 0 Å². The SMILES string of the molecule is CC(c1cccnc1)N(C)C(=O)CC(O)c1cccc(F)c1. The van der Waals surface area contributed by atoms with Gasteiger partial charge in [0.05, 0.1) is 18.6 Å². The van der Waals surface area contributed by atoms with Gasteiger partial charge in [0.15, 0.2) is 0 Å². The number of hydrogen-bond donors (Lipinski definition) is 1. The Morgan fingerprint density at radius 1 is 1.32 bits per heavy atom. The maximum absolute atomic E-state index is 13.2. The van der Waals surface area contributed by atoms with Gasteiger partial charge < -0.3 is 10.0 Å². The number of benzene rings is 1. The van der Waals surface area contributed by atoms with Crippen molar-refractivity contribution >= 4 is 5.91 Å². The summed E-state index contributed by atoms with van der Waals surface area (Å²) < 4.78 is 13.2. The predicted molar refractivity (Wildman–Crippen MR) is 81.4 cm³/mol. The molecule has 5 heteroatoms. The van der Waals surface area contributed by atoms with Crippen molar-refractivity contribution in [2.24, 2.45) is 0 Å². The molecule has 116 valence electrons. The summed E-state index contributed by atoms with van der Waals surface area (Å²) in [5, 5.41) is 10.1. The second-order valence-electron chi connectivity index (χ2n) is 5.24. The first-order valence-corrected chi connectivity index (χ1v) is 7.08. The molecule has 1 aromatic carbocycles. The number of pyridine rings is 1. The lowest BCUT2D eigenvalue weighted by Crippen LogP contribution is -2.30. The van der Waals surface area contributed by atoms with E-state index in [9.17, 15) is 14.3 Å². The second kappa shape index (κ2) is 7.13. The summed E-state index contributed by atoms with van der Waals surface area (Å²) in [6, 6.07) is 9.21. The smallest absolute Gasteiger partial charge is 0.225 e. The Balaban J connectivity index is 2.02. The molecule has 0 aliphatic rings. The highest BCUT2D eigenvalue weighted by molar-refractivity contribution is 5.77. The molecule has 2 atom stereocenters. The number of carbonyl (C=O) groups excluding carboxylic acids is 1. The summed E-state index contributed by atoms with van der Waals surface area (Å²) >= 11 is 0. The number of halogens is 1. The molecule has 0 aliphatic heterocycles. The van der Waals surface area contributed by atoms with Gasteiger partial charge in [-0.2, -0.15) is 0 Å². The maximum atomic E-state index is 13.2. The summed E-state index contributed by atoms with van der Waals surface area (Å²) in [6.45, 7) is 1.89. The quantitative estimate of drug-likeness (QED) is 0.924. The highest BCUT2D eigenvalue weighted by Crippen LogP contribution is 2.22. The number of aromatic nitrogens is 1. The highest BCUT2D eigenvalue weighted by Gasteiger charge is 2.21. The van der Waals surface area contributed by atoms with Gasteiger partial charge >= 0.3 is 0 Å². The van der Waals surface area contributed by atoms with Crippen LogP contribution in [0, 0.1) is 5.82 Å². The molecule has 1 N–H and O–H groups in total. The minimum Gasteiger partial charge on any atom is -0.388 e. The molecule has 0 aliphatic carbocycles. The van der Waals surface area contributed by atoms with Crippen LogP contribution in [0.25, 0.3) is 0 Å². The maximum Gasteiger partial charge on any atom is 0.225 e. The fourth-order valence-corrected chi connectivity index (χ4v) is 2.20. The summed E-state index contributed by atoms with van der Waals surface area (Å²) in [5.74, 6) is -0.644. The highest BCUT2D eigenvalue weighted by atomic mass is 19.1. The van der Waals surface area contributed by atoms with Crippen LogP contribution in [0.3, 0.4) is 0 Å². The van der Waals surface area contributed by atoms with E-state index in [2.05, 4.69) is 4.98 Å². The largest absolute Gasteiger partial charge is 0.388 e. The Bertz CT molecular complexity index is 634. The zero-order valence-electron chi connectivity index (χ0n) is 12.6. The molecule has 2 rings (SSSR count). The van der Waals surface area contributed by atoms with Crippen molar-refractivity contribution in [3.8, 4) is 0 Å². The Morgan fingerprint density at radius 3 is 2.68 bits per heavy atom. The topological polar surface area (TPSA) is 53.4 Å². The van der Waals surface area contributed by atoms with Gasteiger partial charge in [-0.05, 0) is 36.2 Å². The third-order valence-electron chi connectivity index (χ3n) is 3.74. The second-order valence-corrected chi connectivity index (χ2v) is 5.24. The molecule has 1 heterocycles. The van der Waals surface area contributed by atoms with Gasteiger partial charge in [-0.3, -0.25) is 9.78 Å². The van der Waals surface area contributed by atoms with E-state index in [1.807, 2.05) is 19.1 Å². The fraction of sp³-hybridized carbons (Fsp3) is 0.294. The van der Waals surface area contributed by atoms with Crippen LogP contribution in [0.1, 0.15) is 36.6 Å². The van der Waals surface area contributed by atoms with E-state index in [1.54, 1.807) is 30.4 Å². The number of hydrogen-bond acceptors (Lipinski definition) is 3. The standard InChI is InChI=1S/C17H19FN2O2/c1-12(14-6-4-8-19-11-14)20(2)17(22)10-16(21)13-5-3-7-15(18)9-13/h3-9,11-12,16,21H,10H2,1-2H3. The summed E-state index contributed by atoms with van der Waals surface area (Å²) in [7, 11) is 1.68. The average molecular weight is 302 g/mol. The zero-order valence-corrected chi connectivity index (χ0v) is 12.6. The van der Waals surface area contributed by atoms with Crippen molar-refractivity contribution in [2.45, 2.75) is 25.5 Å². The van der Waals surface area contributed by atoms with E-state index in [-0.39, 0.29) is 18.4 Å². The molecule has 0 saturated heterocycles. The van der Waals surface area contributed by atoms with Gasteiger partial charge in [-0.15, -0.1) is 0 Å². The normalized spacial score (nSPS) is 13.5. The van der Waals surface area contributed by atoms with Crippen LogP contribution in [0.5, 0.6) is 0 Å². The minimum atomic E-state index is -1.02. The molecule has 4 nitrogen and oxygen atoms in total. The monoisotopic (exact) mass is 302 g/mol. The van der Waals surface area contributed by atoms with Crippen LogP contribution < -0.4 is 0 Å². The van der Waals surface area contributed by atoms with E-state index < -0.39 is 11.9 Å². The molecular formula is C17H19FN2O2. The first-order valence-electron chi connectivity index (χ1n) is 7.08. The average Bonchev–Trinajstić information content (AvgIpc) is 2.54. The first kappa shape index (κ1) is 16.1. The summed E-state index contributed by atoms with van der Waals surface area (Å²) in [6.07, 6.45) is 2.26. The molecule has 0 saturated carbocycles. The Morgan fingerprint density at radius 2 is 2.05 bits per heavy atom. The van der Waals surface area contributed by atoms with Gasteiger partial charge in [-0.1, -0.05) is 18.2 Å². The minimum absolute atomic E-state index is 0.0927. The van der Waals surface area contributed by atoms with Crippen molar-refractivity contribution in [2.75, 3.05) is 7.05 Å². The lowest BCUT2D eigenvalue weighted by molar-refractivity contribution is -0.134. The molecule has 1 aromatic heterocycles. The molecule has 1 amide bonds. The van der Waals surface area contributed by atoms with Gasteiger partial charge in [0.25, 0.3) is 0 Å². The molecule has 22 heavy (non-hydrogen) atoms. The van der Waals surface area contributed by atoms with E-state index in [0.717, 1.165) is 5.56 Å². The number of nitrogens with zero attached hydrogens (tertiary/aromatic N) is 2. The van der Waals surface area contributed by atoms with Crippen molar-refractivity contribution in [3.63, 3.8) is 0 Å². The zero-order chi connectivity index (χ0) is 16.1. The van der Waals surface area contributed by atoms with E-state index >= 15 is 0 Å². The van der Waals surface area contributed by atoms with Crippen LogP contribution in [0.15, 0.2) is 48.8 Å². The van der Waals surface area contributed by atoms with Gasteiger partial charge in [0, 0.05) is 19.4 Å². The molecule has 2 aromatic rings. The Hall–Kier alpha value is -2.27. The Kier molecular flexibility index (Phi) is 5.22. The lowest BCUT2D eigenvalue weighted by Gasteiger charge is -2.26. The van der Waals surface area contributed by atoms with Gasteiger partial charge in [-0.25, -0.2) is 4.39 Å². The summed E-state index contributed by atoms with van der Waals surface area (Å²) in [5.41, 5.74) is 1.31. The number of carbonyl (C=O) groups is 1. The predicted octanol–water partition coefficient (Wildman–Crippen LogP) is 2.86. The van der Waals surface area contributed by atoms with Crippen molar-refractivity contribution in [1.82, 2.24) is 9.88 Å². The first-order chi connectivity index (χ1) is 10.5. The summed E-state index contributed by atoms with van der Waals surface area (Å²) in [4.78, 5) is 17.9. The fourth-order valence-electron chi connectivity index (χ4n) is 2.20. The van der Waals surface area contributed by atoms with Crippen molar-refractivity contribution < 1.29 is 14.3 Å². The molecule has 2 unspecified atom stereocenters. The third-order valence-corrected chi connectivity index (χ3v) is 3.74. The number of amides is 1. The van der Waals surface area contributed by atoms with Crippen molar-refractivity contribution in [3.05, 3.63) is 65.7 Å². The van der Waals surface area contributed by atoms with E-state index in [1.165, 1.54) is 18.2 Å². The molecule has 0 radical (unpaired) electrons. The number of aliphatic hydroxyl groups is 1. The number of rotatable bonds is 5. The van der Waals surface area contributed by atoms with Crippen LogP contribution in [0.4, 0.5) is 4.39 Å². The van der Waals surface area contributed by atoms with Crippen LogP contribution in [-0.2, 0) is 4.79 Å². The number of aliphatic hydroxyl groups excluding tert-OH is 1.